The van der Waals surface area contributed by atoms with Gasteiger partial charge in [-0.1, -0.05) is 30.3 Å². The van der Waals surface area contributed by atoms with Gasteiger partial charge in [-0.15, -0.1) is 0 Å². The summed E-state index contributed by atoms with van der Waals surface area (Å²) < 4.78 is 16.5. The summed E-state index contributed by atoms with van der Waals surface area (Å²) in [5.74, 6) is 2.19. The van der Waals surface area contributed by atoms with Crippen molar-refractivity contribution in [3.05, 3.63) is 54.1 Å². The molecule has 0 saturated carbocycles. The van der Waals surface area contributed by atoms with Crippen molar-refractivity contribution in [2.75, 3.05) is 6.79 Å². The number of hydrogen-bond acceptors (Lipinski definition) is 4. The van der Waals surface area contributed by atoms with Gasteiger partial charge in [-0.2, -0.15) is 0 Å². The molecule has 1 heterocycles. The Morgan fingerprint density at radius 3 is 2.60 bits per heavy atom. The third-order valence-corrected chi connectivity index (χ3v) is 3.36. The molecule has 4 nitrogen and oxygen atoms in total. The van der Waals surface area contributed by atoms with E-state index in [0.29, 0.717) is 5.75 Å². The minimum Gasteiger partial charge on any atom is -0.489 e. The third-order valence-electron chi connectivity index (χ3n) is 3.36. The molecule has 0 bridgehead atoms. The van der Waals surface area contributed by atoms with E-state index in [0.717, 1.165) is 17.1 Å². The lowest BCUT2D eigenvalue weighted by atomic mass is 10.0. The van der Waals surface area contributed by atoms with Crippen molar-refractivity contribution in [2.45, 2.75) is 19.1 Å². The molecule has 1 aliphatic rings. The lowest BCUT2D eigenvalue weighted by Gasteiger charge is -2.22. The molecule has 104 valence electrons. The van der Waals surface area contributed by atoms with Gasteiger partial charge in [0.15, 0.2) is 11.5 Å². The van der Waals surface area contributed by atoms with Crippen molar-refractivity contribution in [1.29, 1.82) is 0 Å². The molecule has 0 aromatic heterocycles. The maximum atomic E-state index is 6.22. The van der Waals surface area contributed by atoms with Crippen molar-refractivity contribution in [3.63, 3.8) is 0 Å². The van der Waals surface area contributed by atoms with E-state index < -0.39 is 0 Å². The van der Waals surface area contributed by atoms with E-state index in [2.05, 4.69) is 0 Å². The summed E-state index contributed by atoms with van der Waals surface area (Å²) in [6.07, 6.45) is -0.141. The Balaban J connectivity index is 1.71. The van der Waals surface area contributed by atoms with E-state index >= 15 is 0 Å². The summed E-state index contributed by atoms with van der Waals surface area (Å²) in [6.45, 7) is 2.22. The first-order chi connectivity index (χ1) is 9.74. The highest BCUT2D eigenvalue weighted by atomic mass is 16.7. The fourth-order valence-corrected chi connectivity index (χ4v) is 2.18. The Kier molecular flexibility index (Phi) is 3.48. The number of ether oxygens (including phenoxy) is 3. The number of benzene rings is 2. The van der Waals surface area contributed by atoms with Gasteiger partial charge in [0.2, 0.25) is 6.79 Å². The molecule has 0 radical (unpaired) electrons. The van der Waals surface area contributed by atoms with E-state index in [4.69, 9.17) is 19.9 Å². The molecule has 0 spiro atoms. The topological polar surface area (TPSA) is 53.7 Å². The number of rotatable bonds is 4. The molecule has 4 heteroatoms. The normalized spacial score (nSPS) is 15.7. The second-order valence-electron chi connectivity index (χ2n) is 4.77. The van der Waals surface area contributed by atoms with Crippen molar-refractivity contribution < 1.29 is 14.2 Å². The first kappa shape index (κ1) is 12.8. The molecular weight excluding hydrogens is 254 g/mol. The highest BCUT2D eigenvalue weighted by Crippen LogP contribution is 2.35. The van der Waals surface area contributed by atoms with Crippen LogP contribution >= 0.6 is 0 Å². The predicted octanol–water partition coefficient (Wildman–Crippen LogP) is 2.88. The molecule has 0 fully saturated rings. The van der Waals surface area contributed by atoms with Crippen molar-refractivity contribution in [3.8, 4) is 17.2 Å². The summed E-state index contributed by atoms with van der Waals surface area (Å²) in [5, 5.41) is 0. The average Bonchev–Trinajstić information content (AvgIpc) is 2.95. The van der Waals surface area contributed by atoms with E-state index in [1.165, 1.54) is 0 Å². The number of nitrogens with two attached hydrogens (primary N) is 1. The molecule has 3 rings (SSSR count). The lowest BCUT2D eigenvalue weighted by Crippen LogP contribution is -2.28. The van der Waals surface area contributed by atoms with Crippen LogP contribution in [0.2, 0.25) is 0 Å². The van der Waals surface area contributed by atoms with Crippen LogP contribution in [-0.2, 0) is 0 Å². The molecule has 2 aromatic rings. The first-order valence-corrected chi connectivity index (χ1v) is 6.61. The standard InChI is InChI=1S/C16H17NO3/c1-11(16(17)12-5-3-2-4-6-12)20-13-7-8-14-15(9-13)19-10-18-14/h2-9,11,16H,10,17H2,1H3. The molecule has 2 aromatic carbocycles. The predicted molar refractivity (Wildman–Crippen MR) is 76.0 cm³/mol. The summed E-state index contributed by atoms with van der Waals surface area (Å²) >= 11 is 0. The van der Waals surface area contributed by atoms with Crippen LogP contribution in [0.15, 0.2) is 48.5 Å². The van der Waals surface area contributed by atoms with Gasteiger partial charge in [0.25, 0.3) is 0 Å². The molecule has 2 atom stereocenters. The van der Waals surface area contributed by atoms with Crippen LogP contribution in [0, 0.1) is 0 Å². The van der Waals surface area contributed by atoms with Crippen LogP contribution < -0.4 is 19.9 Å². The second kappa shape index (κ2) is 5.43. The average molecular weight is 271 g/mol. The molecule has 2 N–H and O–H groups in total. The van der Waals surface area contributed by atoms with Crippen molar-refractivity contribution in [2.24, 2.45) is 5.73 Å². The Labute approximate surface area is 118 Å². The van der Waals surface area contributed by atoms with Gasteiger partial charge in [-0.05, 0) is 24.6 Å². The van der Waals surface area contributed by atoms with Gasteiger partial charge < -0.3 is 19.9 Å². The highest BCUT2D eigenvalue weighted by Gasteiger charge is 2.18. The Morgan fingerprint density at radius 2 is 1.80 bits per heavy atom. The van der Waals surface area contributed by atoms with Crippen LogP contribution in [0.25, 0.3) is 0 Å². The number of hydrogen-bond donors (Lipinski definition) is 1. The zero-order valence-electron chi connectivity index (χ0n) is 11.3. The fraction of sp³-hybridized carbons (Fsp3) is 0.250. The quantitative estimate of drug-likeness (QED) is 0.929. The molecule has 2 unspecified atom stereocenters. The summed E-state index contributed by atoms with van der Waals surface area (Å²) in [7, 11) is 0. The van der Waals surface area contributed by atoms with Crippen molar-refractivity contribution >= 4 is 0 Å². The van der Waals surface area contributed by atoms with Crippen LogP contribution in [-0.4, -0.2) is 12.9 Å². The summed E-state index contributed by atoms with van der Waals surface area (Å²) in [4.78, 5) is 0. The van der Waals surface area contributed by atoms with Crippen LogP contribution in [0.4, 0.5) is 0 Å². The van der Waals surface area contributed by atoms with E-state index in [-0.39, 0.29) is 18.9 Å². The van der Waals surface area contributed by atoms with E-state index in [1.54, 1.807) is 0 Å². The maximum Gasteiger partial charge on any atom is 0.231 e. The Bertz CT molecular complexity index is 586. The molecule has 0 amide bonds. The van der Waals surface area contributed by atoms with Crippen LogP contribution in [0.1, 0.15) is 18.5 Å². The second-order valence-corrected chi connectivity index (χ2v) is 4.77. The molecule has 0 aliphatic carbocycles. The smallest absolute Gasteiger partial charge is 0.231 e. The SMILES string of the molecule is CC(Oc1ccc2c(c1)OCO2)C(N)c1ccccc1. The largest absolute Gasteiger partial charge is 0.489 e. The zero-order valence-corrected chi connectivity index (χ0v) is 11.3. The lowest BCUT2D eigenvalue weighted by molar-refractivity contribution is 0.172. The zero-order chi connectivity index (χ0) is 13.9. The fourth-order valence-electron chi connectivity index (χ4n) is 2.18. The molecule has 20 heavy (non-hydrogen) atoms. The molecular formula is C16H17NO3. The van der Waals surface area contributed by atoms with Gasteiger partial charge in [0.1, 0.15) is 11.9 Å². The van der Waals surface area contributed by atoms with E-state index in [9.17, 15) is 0 Å². The van der Waals surface area contributed by atoms with Gasteiger partial charge in [-0.25, -0.2) is 0 Å². The molecule has 0 saturated heterocycles. The Morgan fingerprint density at radius 1 is 1.05 bits per heavy atom. The maximum absolute atomic E-state index is 6.22. The van der Waals surface area contributed by atoms with Gasteiger partial charge in [-0.3, -0.25) is 0 Å². The van der Waals surface area contributed by atoms with E-state index in [1.807, 2.05) is 55.5 Å². The first-order valence-electron chi connectivity index (χ1n) is 6.61. The number of fused-ring (bicyclic) bond motifs is 1. The van der Waals surface area contributed by atoms with Gasteiger partial charge >= 0.3 is 0 Å². The third kappa shape index (κ3) is 2.56. The monoisotopic (exact) mass is 271 g/mol. The van der Waals surface area contributed by atoms with Gasteiger partial charge in [0.05, 0.1) is 6.04 Å². The highest BCUT2D eigenvalue weighted by molar-refractivity contribution is 5.47. The summed E-state index contributed by atoms with van der Waals surface area (Å²) in [5.41, 5.74) is 7.27. The molecule has 1 aliphatic heterocycles. The van der Waals surface area contributed by atoms with Crippen LogP contribution in [0.3, 0.4) is 0 Å². The van der Waals surface area contributed by atoms with Gasteiger partial charge in [0, 0.05) is 6.07 Å². The van der Waals surface area contributed by atoms with Crippen LogP contribution in [0.5, 0.6) is 17.2 Å². The van der Waals surface area contributed by atoms with Crippen molar-refractivity contribution in [1.82, 2.24) is 0 Å². The Hall–Kier alpha value is -2.20. The minimum atomic E-state index is -0.179. The summed E-state index contributed by atoms with van der Waals surface area (Å²) in [6, 6.07) is 15.3. The minimum absolute atomic E-state index is 0.141.